The van der Waals surface area contributed by atoms with Crippen LogP contribution in [-0.4, -0.2) is 25.0 Å². The van der Waals surface area contributed by atoms with Crippen molar-refractivity contribution in [3.05, 3.63) is 29.8 Å². The van der Waals surface area contributed by atoms with Gasteiger partial charge in [-0.1, -0.05) is 31.5 Å². The summed E-state index contributed by atoms with van der Waals surface area (Å²) in [5.74, 6) is 0.237. The smallest absolute Gasteiger partial charge is 0.228 e. The second kappa shape index (κ2) is 6.71. The fourth-order valence-corrected chi connectivity index (χ4v) is 2.69. The predicted octanol–water partition coefficient (Wildman–Crippen LogP) is 2.74. The molecule has 1 heterocycles. The van der Waals surface area contributed by atoms with Crippen LogP contribution >= 0.6 is 0 Å². The van der Waals surface area contributed by atoms with E-state index in [0.717, 1.165) is 25.2 Å². The van der Waals surface area contributed by atoms with E-state index in [2.05, 4.69) is 31.3 Å². The highest BCUT2D eigenvalue weighted by molar-refractivity contribution is 5.96. The summed E-state index contributed by atoms with van der Waals surface area (Å²) in [5, 5.41) is 3.33. The summed E-state index contributed by atoms with van der Waals surface area (Å²) in [6.07, 6.45) is 3.93. The summed E-state index contributed by atoms with van der Waals surface area (Å²) in [6.45, 7) is 6.10. The third-order valence-electron chi connectivity index (χ3n) is 3.70. The Labute approximate surface area is 116 Å². The summed E-state index contributed by atoms with van der Waals surface area (Å²) in [4.78, 5) is 14.3. The van der Waals surface area contributed by atoms with Crippen LogP contribution in [0.1, 0.15) is 38.7 Å². The molecule has 1 atom stereocenters. The van der Waals surface area contributed by atoms with E-state index in [-0.39, 0.29) is 5.91 Å². The lowest BCUT2D eigenvalue weighted by Crippen LogP contribution is -2.37. The number of anilines is 1. The van der Waals surface area contributed by atoms with Gasteiger partial charge >= 0.3 is 0 Å². The Morgan fingerprint density at radius 1 is 1.37 bits per heavy atom. The molecule has 0 spiro atoms. The molecule has 0 aliphatic carbocycles. The van der Waals surface area contributed by atoms with Gasteiger partial charge in [0.15, 0.2) is 0 Å². The predicted molar refractivity (Wildman–Crippen MR) is 79.5 cm³/mol. The third-order valence-corrected chi connectivity index (χ3v) is 3.70. The van der Waals surface area contributed by atoms with E-state index >= 15 is 0 Å². The van der Waals surface area contributed by atoms with E-state index in [1.54, 1.807) is 0 Å². The van der Waals surface area contributed by atoms with E-state index in [9.17, 15) is 4.79 Å². The molecule has 1 unspecified atom stereocenters. The highest BCUT2D eigenvalue weighted by Crippen LogP contribution is 2.32. The van der Waals surface area contributed by atoms with Gasteiger partial charge in [0.1, 0.15) is 0 Å². The van der Waals surface area contributed by atoms with Gasteiger partial charge < -0.3 is 10.2 Å². The Morgan fingerprint density at radius 3 is 2.95 bits per heavy atom. The van der Waals surface area contributed by atoms with E-state index < -0.39 is 0 Å². The van der Waals surface area contributed by atoms with Gasteiger partial charge in [0.2, 0.25) is 5.91 Å². The zero-order chi connectivity index (χ0) is 13.7. The Kier molecular flexibility index (Phi) is 4.97. The van der Waals surface area contributed by atoms with Crippen molar-refractivity contribution in [2.75, 3.05) is 18.0 Å². The summed E-state index contributed by atoms with van der Waals surface area (Å²) >= 11 is 0. The van der Waals surface area contributed by atoms with Gasteiger partial charge in [-0.15, -0.1) is 0 Å². The maximum Gasteiger partial charge on any atom is 0.228 e. The van der Waals surface area contributed by atoms with Crippen molar-refractivity contribution in [2.45, 2.75) is 45.6 Å². The number of rotatable bonds is 6. The van der Waals surface area contributed by atoms with Crippen LogP contribution in [0.25, 0.3) is 0 Å². The summed E-state index contributed by atoms with van der Waals surface area (Å²) in [5.41, 5.74) is 2.40. The van der Waals surface area contributed by atoms with Gasteiger partial charge in [0.25, 0.3) is 0 Å². The summed E-state index contributed by atoms with van der Waals surface area (Å²) in [7, 11) is 0. The first-order valence-electron chi connectivity index (χ1n) is 7.34. The highest BCUT2D eigenvalue weighted by Gasteiger charge is 2.29. The molecule has 1 aliphatic rings. The van der Waals surface area contributed by atoms with Crippen LogP contribution in [-0.2, 0) is 11.2 Å². The summed E-state index contributed by atoms with van der Waals surface area (Å²) < 4.78 is 0. The molecule has 1 N–H and O–H groups in total. The molecule has 1 aliphatic heterocycles. The van der Waals surface area contributed by atoms with Gasteiger partial charge in [0.05, 0.1) is 0 Å². The van der Waals surface area contributed by atoms with Crippen molar-refractivity contribution in [1.82, 2.24) is 5.32 Å². The largest absolute Gasteiger partial charge is 0.316 e. The lowest BCUT2D eigenvalue weighted by molar-refractivity contribution is -0.118. The second-order valence-electron chi connectivity index (χ2n) is 5.30. The standard InChI is InChI=1S/C16H24N2O/c1-3-4-10-17-11-9-16(19)18-13(2)12-14-7-5-6-8-15(14)18/h5-8,13,17H,3-4,9-12H2,1-2H3. The molecular formula is C16H24N2O. The van der Waals surface area contributed by atoms with Crippen LogP contribution in [0.2, 0.25) is 0 Å². The second-order valence-corrected chi connectivity index (χ2v) is 5.30. The molecule has 3 heteroatoms. The van der Waals surface area contributed by atoms with Crippen LogP contribution in [0.4, 0.5) is 5.69 Å². The molecule has 0 saturated carbocycles. The highest BCUT2D eigenvalue weighted by atomic mass is 16.2. The minimum Gasteiger partial charge on any atom is -0.316 e. The first-order valence-corrected chi connectivity index (χ1v) is 7.34. The molecular weight excluding hydrogens is 236 g/mol. The van der Waals surface area contributed by atoms with Crippen LogP contribution in [0, 0.1) is 0 Å². The first kappa shape index (κ1) is 14.1. The number of nitrogens with zero attached hydrogens (tertiary/aromatic N) is 1. The molecule has 1 amide bonds. The first-order chi connectivity index (χ1) is 9.24. The van der Waals surface area contributed by atoms with E-state index in [4.69, 9.17) is 0 Å². The average Bonchev–Trinajstić information content (AvgIpc) is 2.74. The Hall–Kier alpha value is -1.35. The number of unbranched alkanes of at least 4 members (excludes halogenated alkanes) is 1. The molecule has 0 saturated heterocycles. The van der Waals surface area contributed by atoms with E-state index in [0.29, 0.717) is 12.5 Å². The monoisotopic (exact) mass is 260 g/mol. The summed E-state index contributed by atoms with van der Waals surface area (Å²) in [6, 6.07) is 8.53. The number of carbonyl (C=O) groups is 1. The number of para-hydroxylation sites is 1. The SMILES string of the molecule is CCCCNCCC(=O)N1c2ccccc2CC1C. The lowest BCUT2D eigenvalue weighted by atomic mass is 10.1. The van der Waals surface area contributed by atoms with Crippen molar-refractivity contribution < 1.29 is 4.79 Å². The van der Waals surface area contributed by atoms with Crippen molar-refractivity contribution in [1.29, 1.82) is 0 Å². The number of fused-ring (bicyclic) bond motifs is 1. The number of hydrogen-bond acceptors (Lipinski definition) is 2. The molecule has 19 heavy (non-hydrogen) atoms. The minimum absolute atomic E-state index is 0.237. The Balaban J connectivity index is 1.89. The Morgan fingerprint density at radius 2 is 2.16 bits per heavy atom. The minimum atomic E-state index is 0.237. The van der Waals surface area contributed by atoms with Crippen molar-refractivity contribution in [3.63, 3.8) is 0 Å². The molecule has 104 valence electrons. The third kappa shape index (κ3) is 3.35. The van der Waals surface area contributed by atoms with Crippen LogP contribution < -0.4 is 10.2 Å². The zero-order valence-electron chi connectivity index (χ0n) is 12.0. The number of benzene rings is 1. The number of hydrogen-bond donors (Lipinski definition) is 1. The maximum absolute atomic E-state index is 12.3. The van der Waals surface area contributed by atoms with E-state index in [1.807, 2.05) is 17.0 Å². The zero-order valence-corrected chi connectivity index (χ0v) is 12.0. The molecule has 0 fully saturated rings. The van der Waals surface area contributed by atoms with Gasteiger partial charge in [-0.25, -0.2) is 0 Å². The molecule has 1 aromatic rings. The van der Waals surface area contributed by atoms with Crippen LogP contribution in [0.3, 0.4) is 0 Å². The Bertz CT molecular complexity index is 431. The van der Waals surface area contributed by atoms with Crippen molar-refractivity contribution in [3.8, 4) is 0 Å². The lowest BCUT2D eigenvalue weighted by Gasteiger charge is -2.22. The van der Waals surface area contributed by atoms with Gasteiger partial charge in [-0.2, -0.15) is 0 Å². The van der Waals surface area contributed by atoms with Crippen LogP contribution in [0.15, 0.2) is 24.3 Å². The molecule has 0 aromatic heterocycles. The van der Waals surface area contributed by atoms with Crippen LogP contribution in [0.5, 0.6) is 0 Å². The fourth-order valence-electron chi connectivity index (χ4n) is 2.69. The number of amides is 1. The average molecular weight is 260 g/mol. The molecule has 0 bridgehead atoms. The fraction of sp³-hybridized carbons (Fsp3) is 0.562. The quantitative estimate of drug-likeness (QED) is 0.798. The topological polar surface area (TPSA) is 32.3 Å². The maximum atomic E-state index is 12.3. The van der Waals surface area contributed by atoms with Gasteiger partial charge in [-0.3, -0.25) is 4.79 Å². The normalized spacial score (nSPS) is 17.6. The molecule has 2 rings (SSSR count). The molecule has 0 radical (unpaired) electrons. The van der Waals surface area contributed by atoms with Crippen molar-refractivity contribution in [2.24, 2.45) is 0 Å². The molecule has 3 nitrogen and oxygen atoms in total. The van der Waals surface area contributed by atoms with Gasteiger partial charge in [0, 0.05) is 24.7 Å². The number of carbonyl (C=O) groups excluding carboxylic acids is 1. The van der Waals surface area contributed by atoms with E-state index in [1.165, 1.54) is 18.4 Å². The van der Waals surface area contributed by atoms with Gasteiger partial charge in [-0.05, 0) is 37.9 Å². The molecule has 1 aromatic carbocycles. The van der Waals surface area contributed by atoms with Crippen molar-refractivity contribution >= 4 is 11.6 Å². The number of nitrogens with one attached hydrogen (secondary N) is 1.